The van der Waals surface area contributed by atoms with Crippen molar-refractivity contribution < 1.29 is 42.8 Å². The number of aliphatic hydroxyl groups is 1. The Morgan fingerprint density at radius 3 is 2.08 bits per heavy atom. The topological polar surface area (TPSA) is 104 Å². The highest BCUT2D eigenvalue weighted by Gasteiger charge is 2.36. The lowest BCUT2D eigenvalue weighted by Gasteiger charge is -2.24. The van der Waals surface area contributed by atoms with Crippen molar-refractivity contribution in [3.63, 3.8) is 0 Å². The average Bonchev–Trinajstić information content (AvgIpc) is 2.89. The number of ether oxygens (including phenoxy) is 1. The van der Waals surface area contributed by atoms with Crippen LogP contribution in [-0.2, 0) is 11.0 Å². The molecule has 6 nitrogen and oxygen atoms in total. The molecule has 39 heavy (non-hydrogen) atoms. The molecular formula is C29H37F3O6S. The minimum atomic E-state index is -4.70. The number of aliphatic hydroxyl groups excluding tert-OH is 1. The summed E-state index contributed by atoms with van der Waals surface area (Å²) in [6.07, 6.45) is 4.30. The molecule has 2 aromatic carbocycles. The van der Waals surface area contributed by atoms with Gasteiger partial charge in [-0.05, 0) is 42.8 Å². The maximum absolute atomic E-state index is 13.5. The van der Waals surface area contributed by atoms with Crippen LogP contribution in [0.15, 0.2) is 47.4 Å². The van der Waals surface area contributed by atoms with E-state index in [1.807, 2.05) is 0 Å². The fourth-order valence-electron chi connectivity index (χ4n) is 4.13. The number of carboxylic acid groups (broad SMARTS) is 2. The molecule has 2 atom stereocenters. The van der Waals surface area contributed by atoms with Gasteiger partial charge in [0.25, 0.3) is 0 Å². The van der Waals surface area contributed by atoms with Crippen molar-refractivity contribution in [3.8, 4) is 5.75 Å². The molecule has 2 aromatic rings. The number of thioether (sulfide) groups is 1. The lowest BCUT2D eigenvalue weighted by molar-refractivity contribution is -0.146. The second-order valence-corrected chi connectivity index (χ2v) is 10.7. The maximum Gasteiger partial charge on any atom is 0.416 e. The first-order chi connectivity index (χ1) is 18.5. The lowest BCUT2D eigenvalue weighted by atomic mass is 10.0. The van der Waals surface area contributed by atoms with Gasteiger partial charge in [0.2, 0.25) is 0 Å². The number of carbonyl (C=O) groups is 2. The Hall–Kier alpha value is -2.72. The van der Waals surface area contributed by atoms with Gasteiger partial charge in [0, 0.05) is 10.5 Å². The third-order valence-corrected chi connectivity index (χ3v) is 7.57. The molecule has 2 rings (SSSR count). The van der Waals surface area contributed by atoms with Gasteiger partial charge in [-0.3, -0.25) is 0 Å². The molecule has 0 aromatic heterocycles. The normalized spacial score (nSPS) is 13.2. The smallest absolute Gasteiger partial charge is 0.416 e. The predicted molar refractivity (Wildman–Crippen MR) is 144 cm³/mol. The zero-order valence-corrected chi connectivity index (χ0v) is 22.9. The number of halogens is 3. The number of hydrogen-bond donors (Lipinski definition) is 3. The van der Waals surface area contributed by atoms with Crippen molar-refractivity contribution in [2.75, 3.05) is 6.61 Å². The van der Waals surface area contributed by atoms with Gasteiger partial charge in [-0.15, -0.1) is 11.8 Å². The number of unbranched alkanes of at least 4 members (excludes halogenated alkanes) is 9. The van der Waals surface area contributed by atoms with Crippen LogP contribution < -0.4 is 4.74 Å². The lowest BCUT2D eigenvalue weighted by Crippen LogP contribution is -2.26. The molecule has 3 N–H and O–H groups in total. The summed E-state index contributed by atoms with van der Waals surface area (Å²) in [5.41, 5.74) is -1.21. The minimum absolute atomic E-state index is 0.0473. The molecule has 0 aliphatic heterocycles. The number of carboxylic acids is 2. The van der Waals surface area contributed by atoms with Crippen LogP contribution in [0.1, 0.15) is 97.9 Å². The van der Waals surface area contributed by atoms with E-state index in [2.05, 4.69) is 6.92 Å². The van der Waals surface area contributed by atoms with E-state index in [9.17, 15) is 38.1 Å². The van der Waals surface area contributed by atoms with Crippen molar-refractivity contribution in [3.05, 3.63) is 59.2 Å². The number of hydrogen-bond acceptors (Lipinski definition) is 5. The molecule has 0 radical (unpaired) electrons. The first-order valence-electron chi connectivity index (χ1n) is 13.3. The van der Waals surface area contributed by atoms with E-state index in [-0.39, 0.29) is 28.4 Å². The quantitative estimate of drug-likeness (QED) is 0.123. The van der Waals surface area contributed by atoms with Gasteiger partial charge in [-0.1, -0.05) is 70.8 Å². The zero-order valence-electron chi connectivity index (χ0n) is 22.1. The SMILES string of the molecule is CCCCCCCCCCCCOc1ccc(C(F)(F)F)cc1C(Sc1cccc(C(=O)O)c1)C(O)C(=O)O. The monoisotopic (exact) mass is 570 g/mol. The van der Waals surface area contributed by atoms with Gasteiger partial charge in [-0.2, -0.15) is 13.2 Å². The molecule has 216 valence electrons. The summed E-state index contributed by atoms with van der Waals surface area (Å²) in [6, 6.07) is 8.33. The summed E-state index contributed by atoms with van der Waals surface area (Å²) >= 11 is 0.761. The standard InChI is InChI=1S/C29H37F3O6S/c1-2-3-4-5-6-7-8-9-10-11-17-38-24-16-15-21(29(30,31)32)19-23(24)26(25(33)28(36)37)39-22-14-12-13-20(18-22)27(34)35/h12-16,18-19,25-26,33H,2-11,17H2,1H3,(H,34,35)(H,36,37). The van der Waals surface area contributed by atoms with Crippen molar-refractivity contribution in [1.29, 1.82) is 0 Å². The van der Waals surface area contributed by atoms with E-state index >= 15 is 0 Å². The Balaban J connectivity index is 2.16. The van der Waals surface area contributed by atoms with Crippen LogP contribution in [0.3, 0.4) is 0 Å². The largest absolute Gasteiger partial charge is 0.493 e. The number of rotatable bonds is 18. The number of alkyl halides is 3. The molecule has 0 aliphatic rings. The molecule has 0 saturated carbocycles. The van der Waals surface area contributed by atoms with Crippen molar-refractivity contribution in [2.45, 2.75) is 93.6 Å². The number of aliphatic carboxylic acids is 1. The van der Waals surface area contributed by atoms with Gasteiger partial charge in [0.15, 0.2) is 6.10 Å². The molecule has 0 saturated heterocycles. The summed E-state index contributed by atoms with van der Waals surface area (Å²) in [5, 5.41) is 27.9. The van der Waals surface area contributed by atoms with Crippen LogP contribution in [0.25, 0.3) is 0 Å². The molecule has 0 fully saturated rings. The Kier molecular flexibility index (Phi) is 13.7. The van der Waals surface area contributed by atoms with E-state index in [1.54, 1.807) is 0 Å². The summed E-state index contributed by atoms with van der Waals surface area (Å²) in [4.78, 5) is 23.3. The molecule has 0 bridgehead atoms. The van der Waals surface area contributed by atoms with E-state index in [1.165, 1.54) is 62.8 Å². The summed E-state index contributed by atoms with van der Waals surface area (Å²) in [5.74, 6) is -2.79. The van der Waals surface area contributed by atoms with Crippen LogP contribution >= 0.6 is 11.8 Å². The van der Waals surface area contributed by atoms with Gasteiger partial charge < -0.3 is 20.1 Å². The predicted octanol–water partition coefficient (Wildman–Crippen LogP) is 7.98. The molecule has 0 heterocycles. The Labute approximate surface area is 231 Å². The maximum atomic E-state index is 13.5. The molecule has 0 aliphatic carbocycles. The highest BCUT2D eigenvalue weighted by atomic mass is 32.2. The Bertz CT molecular complexity index is 1060. The van der Waals surface area contributed by atoms with Gasteiger partial charge >= 0.3 is 18.1 Å². The van der Waals surface area contributed by atoms with Crippen molar-refractivity contribution >= 4 is 23.7 Å². The van der Waals surface area contributed by atoms with Crippen LogP contribution in [0.4, 0.5) is 13.2 Å². The fraction of sp³-hybridized carbons (Fsp3) is 0.517. The summed E-state index contributed by atoms with van der Waals surface area (Å²) in [6.45, 7) is 2.41. The van der Waals surface area contributed by atoms with E-state index in [0.29, 0.717) is 6.42 Å². The molecule has 0 spiro atoms. The van der Waals surface area contributed by atoms with Gasteiger partial charge in [-0.25, -0.2) is 9.59 Å². The van der Waals surface area contributed by atoms with Crippen molar-refractivity contribution in [2.24, 2.45) is 0 Å². The summed E-state index contributed by atoms with van der Waals surface area (Å²) in [7, 11) is 0. The van der Waals surface area contributed by atoms with Gasteiger partial charge in [0.1, 0.15) is 5.75 Å². The Morgan fingerprint density at radius 1 is 0.897 bits per heavy atom. The highest BCUT2D eigenvalue weighted by molar-refractivity contribution is 7.99. The first-order valence-corrected chi connectivity index (χ1v) is 14.2. The third-order valence-electron chi connectivity index (χ3n) is 6.28. The number of benzene rings is 2. The molecular weight excluding hydrogens is 533 g/mol. The van der Waals surface area contributed by atoms with E-state index in [4.69, 9.17) is 4.74 Å². The van der Waals surface area contributed by atoms with E-state index in [0.717, 1.165) is 49.2 Å². The van der Waals surface area contributed by atoms with E-state index < -0.39 is 35.0 Å². The van der Waals surface area contributed by atoms with Crippen LogP contribution in [0.2, 0.25) is 0 Å². The molecule has 2 unspecified atom stereocenters. The molecule has 10 heteroatoms. The summed E-state index contributed by atoms with van der Waals surface area (Å²) < 4.78 is 46.4. The highest BCUT2D eigenvalue weighted by Crippen LogP contribution is 2.44. The fourth-order valence-corrected chi connectivity index (χ4v) is 5.33. The van der Waals surface area contributed by atoms with Gasteiger partial charge in [0.05, 0.1) is 23.0 Å². The second-order valence-electron chi connectivity index (χ2n) is 9.44. The van der Waals surface area contributed by atoms with Crippen LogP contribution in [-0.4, -0.2) is 40.0 Å². The Morgan fingerprint density at radius 2 is 1.51 bits per heavy atom. The van der Waals surface area contributed by atoms with Crippen LogP contribution in [0, 0.1) is 0 Å². The molecule has 0 amide bonds. The average molecular weight is 571 g/mol. The second kappa shape index (κ2) is 16.4. The minimum Gasteiger partial charge on any atom is -0.493 e. The third kappa shape index (κ3) is 11.1. The number of aromatic carboxylic acids is 1. The zero-order chi connectivity index (χ0) is 28.8. The first kappa shape index (κ1) is 32.5. The van der Waals surface area contributed by atoms with Crippen LogP contribution in [0.5, 0.6) is 5.75 Å². The van der Waals surface area contributed by atoms with Crippen molar-refractivity contribution in [1.82, 2.24) is 0 Å².